The predicted molar refractivity (Wildman–Crippen MR) is 171 cm³/mol. The van der Waals surface area contributed by atoms with Crippen molar-refractivity contribution in [2.24, 2.45) is 0 Å². The lowest BCUT2D eigenvalue weighted by atomic mass is 10.0. The van der Waals surface area contributed by atoms with Gasteiger partial charge in [-0.15, -0.1) is 0 Å². The van der Waals surface area contributed by atoms with Gasteiger partial charge in [0.05, 0.1) is 17.7 Å². The van der Waals surface area contributed by atoms with Gasteiger partial charge in [0, 0.05) is 24.5 Å². The minimum atomic E-state index is -4.22. The highest BCUT2D eigenvalue weighted by molar-refractivity contribution is 9.10. The monoisotopic (exact) mass is 663 g/mol. The quantitative estimate of drug-likeness (QED) is 0.221. The Morgan fingerprint density at radius 3 is 2.19 bits per heavy atom. The fourth-order valence-corrected chi connectivity index (χ4v) is 6.61. The number of hydrogen-bond donors (Lipinski definition) is 1. The standard InChI is InChI=1S/C33H34BrN3O5S/c1-24-16-18-28(19-17-24)43(40,41)37(29-14-7-8-15-31(29)42-3)23-32(38)36(22-26-12-9-13-27(34)20-26)30(33(39)35-2)21-25-10-5-4-6-11-25/h4-20,30H,21-23H2,1-3H3,(H,35,39). The average Bonchev–Trinajstić information content (AvgIpc) is 3.01. The zero-order valence-corrected chi connectivity index (χ0v) is 26.6. The fourth-order valence-electron chi connectivity index (χ4n) is 4.74. The molecule has 1 N–H and O–H groups in total. The molecular formula is C33H34BrN3O5S. The smallest absolute Gasteiger partial charge is 0.264 e. The summed E-state index contributed by atoms with van der Waals surface area (Å²) in [6, 6.07) is 29.0. The van der Waals surface area contributed by atoms with Crippen LogP contribution in [0.4, 0.5) is 5.69 Å². The van der Waals surface area contributed by atoms with E-state index in [4.69, 9.17) is 4.74 Å². The van der Waals surface area contributed by atoms with E-state index in [-0.39, 0.29) is 35.2 Å². The number of nitrogens with one attached hydrogen (secondary N) is 1. The highest BCUT2D eigenvalue weighted by Gasteiger charge is 2.35. The van der Waals surface area contributed by atoms with Crippen LogP contribution in [0.5, 0.6) is 5.75 Å². The summed E-state index contributed by atoms with van der Waals surface area (Å²) in [5.41, 5.74) is 2.74. The van der Waals surface area contributed by atoms with Gasteiger partial charge in [0.15, 0.2) is 0 Å². The number of benzene rings is 4. The number of amides is 2. The van der Waals surface area contributed by atoms with Crippen LogP contribution >= 0.6 is 15.9 Å². The summed E-state index contributed by atoms with van der Waals surface area (Å²) < 4.78 is 35.7. The van der Waals surface area contributed by atoms with Crippen molar-refractivity contribution in [3.8, 4) is 5.75 Å². The van der Waals surface area contributed by atoms with Gasteiger partial charge < -0.3 is 15.0 Å². The van der Waals surface area contributed by atoms with Gasteiger partial charge >= 0.3 is 0 Å². The van der Waals surface area contributed by atoms with Crippen molar-refractivity contribution in [2.45, 2.75) is 30.8 Å². The second-order valence-electron chi connectivity index (χ2n) is 9.97. The molecule has 2 amide bonds. The maximum atomic E-state index is 14.4. The molecule has 4 rings (SSSR count). The summed E-state index contributed by atoms with van der Waals surface area (Å²) in [7, 11) is -1.26. The van der Waals surface area contributed by atoms with Crippen LogP contribution in [0.25, 0.3) is 0 Å². The van der Waals surface area contributed by atoms with Crippen LogP contribution in [0, 0.1) is 6.92 Å². The van der Waals surface area contributed by atoms with Crippen LogP contribution in [0.2, 0.25) is 0 Å². The number of hydrogen-bond acceptors (Lipinski definition) is 5. The second-order valence-corrected chi connectivity index (χ2v) is 12.7. The number of likely N-dealkylation sites (N-methyl/N-ethyl adjacent to an activating group) is 1. The average molecular weight is 665 g/mol. The van der Waals surface area contributed by atoms with Crippen molar-refractivity contribution in [1.82, 2.24) is 10.2 Å². The van der Waals surface area contributed by atoms with E-state index in [0.717, 1.165) is 25.5 Å². The van der Waals surface area contributed by atoms with E-state index in [1.165, 1.54) is 31.2 Å². The maximum Gasteiger partial charge on any atom is 0.264 e. The normalized spacial score (nSPS) is 11.8. The van der Waals surface area contributed by atoms with E-state index in [0.29, 0.717) is 0 Å². The lowest BCUT2D eigenvalue weighted by Gasteiger charge is -2.34. The molecule has 0 radical (unpaired) electrons. The molecule has 1 unspecified atom stereocenters. The number of ether oxygens (including phenoxy) is 1. The van der Waals surface area contributed by atoms with Gasteiger partial charge in [-0.1, -0.05) is 88.2 Å². The molecule has 224 valence electrons. The topological polar surface area (TPSA) is 96.0 Å². The minimum Gasteiger partial charge on any atom is -0.495 e. The Kier molecular flexibility index (Phi) is 10.6. The molecule has 0 aliphatic carbocycles. The van der Waals surface area contributed by atoms with Crippen molar-refractivity contribution in [3.63, 3.8) is 0 Å². The second kappa shape index (κ2) is 14.3. The van der Waals surface area contributed by atoms with Crippen LogP contribution in [-0.4, -0.2) is 51.9 Å². The third-order valence-corrected chi connectivity index (χ3v) is 9.27. The first-order valence-corrected chi connectivity index (χ1v) is 15.9. The van der Waals surface area contributed by atoms with Gasteiger partial charge in [0.2, 0.25) is 11.8 Å². The van der Waals surface area contributed by atoms with E-state index in [1.807, 2.05) is 61.5 Å². The molecule has 0 aliphatic heterocycles. The Bertz CT molecular complexity index is 1660. The molecular weight excluding hydrogens is 630 g/mol. The molecule has 8 nitrogen and oxygen atoms in total. The summed E-state index contributed by atoms with van der Waals surface area (Å²) in [5, 5.41) is 2.69. The number of halogens is 1. The Morgan fingerprint density at radius 2 is 1.53 bits per heavy atom. The lowest BCUT2D eigenvalue weighted by Crippen LogP contribution is -2.53. The molecule has 43 heavy (non-hydrogen) atoms. The van der Waals surface area contributed by atoms with Crippen LogP contribution in [0.3, 0.4) is 0 Å². The van der Waals surface area contributed by atoms with E-state index < -0.39 is 28.5 Å². The zero-order chi connectivity index (χ0) is 31.0. The summed E-state index contributed by atoms with van der Waals surface area (Å²) in [6.45, 7) is 1.38. The molecule has 1 atom stereocenters. The number of carbonyl (C=O) groups excluding carboxylic acids is 2. The molecule has 4 aromatic carbocycles. The van der Waals surface area contributed by atoms with E-state index >= 15 is 0 Å². The van der Waals surface area contributed by atoms with Gasteiger partial charge in [-0.3, -0.25) is 13.9 Å². The van der Waals surface area contributed by atoms with Crippen molar-refractivity contribution >= 4 is 43.5 Å². The zero-order valence-electron chi connectivity index (χ0n) is 24.2. The predicted octanol–water partition coefficient (Wildman–Crippen LogP) is 5.35. The number of methoxy groups -OCH3 is 1. The Morgan fingerprint density at radius 1 is 0.884 bits per heavy atom. The van der Waals surface area contributed by atoms with E-state index in [1.54, 1.807) is 36.4 Å². The number of para-hydroxylation sites is 2. The molecule has 0 aromatic heterocycles. The van der Waals surface area contributed by atoms with Crippen LogP contribution in [0.1, 0.15) is 16.7 Å². The van der Waals surface area contributed by atoms with E-state index in [2.05, 4.69) is 21.2 Å². The molecule has 0 saturated heterocycles. The molecule has 0 heterocycles. The molecule has 0 fully saturated rings. The van der Waals surface area contributed by atoms with E-state index in [9.17, 15) is 18.0 Å². The highest BCUT2D eigenvalue weighted by Crippen LogP contribution is 2.33. The first-order valence-electron chi connectivity index (χ1n) is 13.7. The Labute approximate surface area is 261 Å². The SMILES string of the molecule is CNC(=O)C(Cc1ccccc1)N(Cc1cccc(Br)c1)C(=O)CN(c1ccccc1OC)S(=O)(=O)c1ccc(C)cc1. The summed E-state index contributed by atoms with van der Waals surface area (Å²) >= 11 is 3.48. The molecule has 0 bridgehead atoms. The van der Waals surface area contributed by atoms with Gasteiger partial charge in [-0.05, 0) is 54.4 Å². The first kappa shape index (κ1) is 31.8. The minimum absolute atomic E-state index is 0.0301. The largest absolute Gasteiger partial charge is 0.495 e. The molecule has 0 saturated carbocycles. The third kappa shape index (κ3) is 7.82. The van der Waals surface area contributed by atoms with Gasteiger partial charge in [0.1, 0.15) is 18.3 Å². The van der Waals surface area contributed by atoms with Gasteiger partial charge in [-0.25, -0.2) is 8.42 Å². The number of anilines is 1. The number of nitrogens with zero attached hydrogens (tertiary/aromatic N) is 2. The highest BCUT2D eigenvalue weighted by atomic mass is 79.9. The number of sulfonamides is 1. The van der Waals surface area contributed by atoms with Gasteiger partial charge in [-0.2, -0.15) is 0 Å². The van der Waals surface area contributed by atoms with Crippen molar-refractivity contribution in [3.05, 3.63) is 124 Å². The number of carbonyl (C=O) groups is 2. The maximum absolute atomic E-state index is 14.4. The number of aryl methyl sites for hydroxylation is 1. The van der Waals surface area contributed by atoms with Crippen molar-refractivity contribution in [2.75, 3.05) is 25.0 Å². The summed E-state index contributed by atoms with van der Waals surface area (Å²) in [6.07, 6.45) is 0.236. The third-order valence-electron chi connectivity index (χ3n) is 7.00. The first-order chi connectivity index (χ1) is 20.6. The van der Waals surface area contributed by atoms with Crippen molar-refractivity contribution in [1.29, 1.82) is 0 Å². The van der Waals surface area contributed by atoms with Crippen LogP contribution in [0.15, 0.2) is 112 Å². The number of rotatable bonds is 12. The van der Waals surface area contributed by atoms with Crippen LogP contribution < -0.4 is 14.4 Å². The fraction of sp³-hybridized carbons (Fsp3) is 0.212. The van der Waals surface area contributed by atoms with Crippen LogP contribution in [-0.2, 0) is 32.6 Å². The molecule has 10 heteroatoms. The molecule has 4 aromatic rings. The molecule has 0 aliphatic rings. The summed E-state index contributed by atoms with van der Waals surface area (Å²) in [5.74, 6) is -0.625. The Hall–Kier alpha value is -4.15. The van der Waals surface area contributed by atoms with Crippen molar-refractivity contribution < 1.29 is 22.7 Å². The summed E-state index contributed by atoms with van der Waals surface area (Å²) in [4.78, 5) is 29.2. The lowest BCUT2D eigenvalue weighted by molar-refractivity contribution is -0.139. The molecule has 0 spiro atoms. The van der Waals surface area contributed by atoms with Gasteiger partial charge in [0.25, 0.3) is 10.0 Å². The Balaban J connectivity index is 1.81.